The zero-order valence-electron chi connectivity index (χ0n) is 16.3. The van der Waals surface area contributed by atoms with Crippen molar-refractivity contribution in [3.05, 3.63) is 59.2 Å². The van der Waals surface area contributed by atoms with Crippen LogP contribution in [0.2, 0.25) is 0 Å². The van der Waals surface area contributed by atoms with Crippen molar-refractivity contribution >= 4 is 11.9 Å². The predicted molar refractivity (Wildman–Crippen MR) is 103 cm³/mol. The maximum atomic E-state index is 12.5. The van der Waals surface area contributed by atoms with Gasteiger partial charge in [-0.15, -0.1) is 0 Å². The first-order valence-corrected chi connectivity index (χ1v) is 8.88. The standard InChI is InChI=1S/C21H25NO6/c1-4-22(12-16-7-10-18(26-2)19(11-16)27-3)20(24)14-28-21(25)17-8-5-15(13-23)6-9-17/h5-11,23H,4,12-14H2,1-3H3. The monoisotopic (exact) mass is 387 g/mol. The number of ether oxygens (including phenoxy) is 3. The number of nitrogens with zero attached hydrogens (tertiary/aromatic N) is 1. The van der Waals surface area contributed by atoms with E-state index in [1.807, 2.05) is 19.1 Å². The van der Waals surface area contributed by atoms with Crippen LogP contribution in [0.4, 0.5) is 0 Å². The lowest BCUT2D eigenvalue weighted by Gasteiger charge is -2.21. The van der Waals surface area contributed by atoms with Crippen LogP contribution in [0.5, 0.6) is 11.5 Å². The van der Waals surface area contributed by atoms with Gasteiger partial charge in [0.2, 0.25) is 0 Å². The van der Waals surface area contributed by atoms with Crippen molar-refractivity contribution in [3.8, 4) is 11.5 Å². The minimum Gasteiger partial charge on any atom is -0.493 e. The summed E-state index contributed by atoms with van der Waals surface area (Å²) in [4.78, 5) is 26.1. The van der Waals surface area contributed by atoms with Gasteiger partial charge in [-0.05, 0) is 42.3 Å². The third-order valence-electron chi connectivity index (χ3n) is 4.25. The average Bonchev–Trinajstić information content (AvgIpc) is 2.75. The van der Waals surface area contributed by atoms with E-state index in [2.05, 4.69) is 0 Å². The van der Waals surface area contributed by atoms with Gasteiger partial charge in [-0.25, -0.2) is 4.79 Å². The molecule has 1 amide bonds. The van der Waals surface area contributed by atoms with Crippen LogP contribution in [-0.2, 0) is 22.7 Å². The van der Waals surface area contributed by atoms with E-state index in [1.165, 1.54) is 0 Å². The van der Waals surface area contributed by atoms with Crippen molar-refractivity contribution < 1.29 is 28.9 Å². The Morgan fingerprint density at radius 1 is 0.964 bits per heavy atom. The molecule has 0 aliphatic heterocycles. The van der Waals surface area contributed by atoms with Crippen molar-refractivity contribution in [2.75, 3.05) is 27.4 Å². The summed E-state index contributed by atoms with van der Waals surface area (Å²) < 4.78 is 15.6. The second-order valence-electron chi connectivity index (χ2n) is 6.03. The van der Waals surface area contributed by atoms with Crippen LogP contribution in [0.3, 0.4) is 0 Å². The van der Waals surface area contributed by atoms with Gasteiger partial charge in [-0.3, -0.25) is 4.79 Å². The van der Waals surface area contributed by atoms with Gasteiger partial charge in [0.05, 0.1) is 26.4 Å². The highest BCUT2D eigenvalue weighted by molar-refractivity contribution is 5.91. The fraction of sp³-hybridized carbons (Fsp3) is 0.333. The van der Waals surface area contributed by atoms with E-state index in [0.29, 0.717) is 35.7 Å². The third kappa shape index (κ3) is 5.47. The molecule has 2 aromatic rings. The molecule has 0 bridgehead atoms. The van der Waals surface area contributed by atoms with Crippen molar-refractivity contribution in [1.29, 1.82) is 0 Å². The normalized spacial score (nSPS) is 10.3. The van der Waals surface area contributed by atoms with Gasteiger partial charge in [-0.2, -0.15) is 0 Å². The van der Waals surface area contributed by atoms with Gasteiger partial charge >= 0.3 is 5.97 Å². The zero-order chi connectivity index (χ0) is 20.5. The molecule has 0 aromatic heterocycles. The molecule has 0 aliphatic rings. The summed E-state index contributed by atoms with van der Waals surface area (Å²) in [5, 5.41) is 9.03. The number of methoxy groups -OCH3 is 2. The number of likely N-dealkylation sites (N-methyl/N-ethyl adjacent to an activating group) is 1. The molecule has 7 heteroatoms. The molecule has 0 aliphatic carbocycles. The molecular formula is C21H25NO6. The van der Waals surface area contributed by atoms with Crippen LogP contribution in [0.25, 0.3) is 0 Å². The molecular weight excluding hydrogens is 362 g/mol. The number of aliphatic hydroxyl groups is 1. The maximum absolute atomic E-state index is 12.5. The Morgan fingerprint density at radius 2 is 1.61 bits per heavy atom. The van der Waals surface area contributed by atoms with E-state index in [-0.39, 0.29) is 19.1 Å². The van der Waals surface area contributed by atoms with Gasteiger partial charge in [-0.1, -0.05) is 18.2 Å². The third-order valence-corrected chi connectivity index (χ3v) is 4.25. The first-order chi connectivity index (χ1) is 13.5. The molecule has 7 nitrogen and oxygen atoms in total. The van der Waals surface area contributed by atoms with Crippen molar-refractivity contribution in [1.82, 2.24) is 4.90 Å². The second kappa shape index (κ2) is 10.3. The van der Waals surface area contributed by atoms with Gasteiger partial charge in [0.25, 0.3) is 5.91 Å². The minimum absolute atomic E-state index is 0.102. The number of amides is 1. The van der Waals surface area contributed by atoms with E-state index < -0.39 is 5.97 Å². The largest absolute Gasteiger partial charge is 0.493 e. The minimum atomic E-state index is -0.583. The quantitative estimate of drug-likeness (QED) is 0.665. The summed E-state index contributed by atoms with van der Waals surface area (Å²) in [6.07, 6.45) is 0. The molecule has 2 aromatic carbocycles. The fourth-order valence-electron chi connectivity index (χ4n) is 2.62. The number of hydrogen-bond acceptors (Lipinski definition) is 6. The fourth-order valence-corrected chi connectivity index (χ4v) is 2.62. The highest BCUT2D eigenvalue weighted by atomic mass is 16.5. The van der Waals surface area contributed by atoms with E-state index >= 15 is 0 Å². The first-order valence-electron chi connectivity index (χ1n) is 8.88. The van der Waals surface area contributed by atoms with Crippen molar-refractivity contribution in [3.63, 3.8) is 0 Å². The highest BCUT2D eigenvalue weighted by Crippen LogP contribution is 2.28. The lowest BCUT2D eigenvalue weighted by atomic mass is 10.1. The lowest BCUT2D eigenvalue weighted by Crippen LogP contribution is -2.34. The van der Waals surface area contributed by atoms with Crippen LogP contribution in [0.1, 0.15) is 28.4 Å². The number of carbonyl (C=O) groups is 2. The molecule has 0 saturated heterocycles. The number of rotatable bonds is 9. The van der Waals surface area contributed by atoms with Crippen molar-refractivity contribution in [2.24, 2.45) is 0 Å². The van der Waals surface area contributed by atoms with Gasteiger partial charge in [0.1, 0.15) is 0 Å². The van der Waals surface area contributed by atoms with Crippen LogP contribution < -0.4 is 9.47 Å². The smallest absolute Gasteiger partial charge is 0.338 e. The Kier molecular flexibility index (Phi) is 7.83. The Balaban J connectivity index is 1.96. The Morgan fingerprint density at radius 3 is 2.18 bits per heavy atom. The lowest BCUT2D eigenvalue weighted by molar-refractivity contribution is -0.134. The van der Waals surface area contributed by atoms with Gasteiger partial charge in [0.15, 0.2) is 18.1 Å². The molecule has 0 radical (unpaired) electrons. The molecule has 0 saturated carbocycles. The summed E-state index contributed by atoms with van der Waals surface area (Å²) >= 11 is 0. The van der Waals surface area contributed by atoms with Crippen molar-refractivity contribution in [2.45, 2.75) is 20.1 Å². The number of hydrogen-bond donors (Lipinski definition) is 1. The average molecular weight is 387 g/mol. The van der Waals surface area contributed by atoms with Gasteiger partial charge < -0.3 is 24.2 Å². The number of benzene rings is 2. The molecule has 28 heavy (non-hydrogen) atoms. The number of aliphatic hydroxyl groups excluding tert-OH is 1. The van der Waals surface area contributed by atoms with Crippen LogP contribution in [0.15, 0.2) is 42.5 Å². The summed E-state index contributed by atoms with van der Waals surface area (Å²) in [6.45, 7) is 2.24. The molecule has 1 N–H and O–H groups in total. The van der Waals surface area contributed by atoms with Crippen LogP contribution in [0, 0.1) is 0 Å². The number of esters is 1. The molecule has 0 spiro atoms. The first kappa shape index (κ1) is 21.2. The maximum Gasteiger partial charge on any atom is 0.338 e. The summed E-state index contributed by atoms with van der Waals surface area (Å²) in [5.41, 5.74) is 1.89. The predicted octanol–water partition coefficient (Wildman–Crippen LogP) is 2.40. The molecule has 0 fully saturated rings. The SMILES string of the molecule is CCN(Cc1ccc(OC)c(OC)c1)C(=O)COC(=O)c1ccc(CO)cc1. The Hall–Kier alpha value is -3.06. The Bertz CT molecular complexity index is 803. The van der Waals surface area contributed by atoms with Crippen LogP contribution in [-0.4, -0.2) is 49.3 Å². The molecule has 150 valence electrons. The summed E-state index contributed by atoms with van der Waals surface area (Å²) in [6, 6.07) is 11.8. The molecule has 0 atom stereocenters. The molecule has 2 rings (SSSR count). The summed E-state index contributed by atoms with van der Waals surface area (Å²) in [5.74, 6) is 0.320. The topological polar surface area (TPSA) is 85.3 Å². The van der Waals surface area contributed by atoms with E-state index in [4.69, 9.17) is 19.3 Å². The van der Waals surface area contributed by atoms with E-state index in [1.54, 1.807) is 49.5 Å². The zero-order valence-corrected chi connectivity index (χ0v) is 16.3. The molecule has 0 unspecified atom stereocenters. The van der Waals surface area contributed by atoms with E-state index in [9.17, 15) is 9.59 Å². The summed E-state index contributed by atoms with van der Waals surface area (Å²) in [7, 11) is 3.11. The van der Waals surface area contributed by atoms with E-state index in [0.717, 1.165) is 5.56 Å². The second-order valence-corrected chi connectivity index (χ2v) is 6.03. The Labute approximate surface area is 164 Å². The molecule has 0 heterocycles. The number of carbonyl (C=O) groups excluding carboxylic acids is 2. The highest BCUT2D eigenvalue weighted by Gasteiger charge is 2.16. The van der Waals surface area contributed by atoms with Gasteiger partial charge in [0, 0.05) is 13.1 Å². The van der Waals surface area contributed by atoms with Crippen LogP contribution >= 0.6 is 0 Å².